The standard InChI is InChI=1S/C25H25N5O2/c1-17-16-30-21-22(27(2)25(32)28(3)23(21)31)26-24(30)29(17)15-14-20(18-10-6-4-7-11-18)19-12-8-5-9-13-19/h4-13,16,20H,14-15H2,1-3H3. The largest absolute Gasteiger partial charge is 0.332 e. The van der Waals surface area contributed by atoms with E-state index in [0.29, 0.717) is 16.9 Å². The van der Waals surface area contributed by atoms with Crippen LogP contribution in [0.5, 0.6) is 0 Å². The van der Waals surface area contributed by atoms with Crippen LogP contribution in [0, 0.1) is 6.92 Å². The summed E-state index contributed by atoms with van der Waals surface area (Å²) >= 11 is 0. The van der Waals surface area contributed by atoms with E-state index in [-0.39, 0.29) is 17.2 Å². The van der Waals surface area contributed by atoms with E-state index in [1.54, 1.807) is 7.05 Å². The van der Waals surface area contributed by atoms with E-state index in [0.717, 1.165) is 23.2 Å². The van der Waals surface area contributed by atoms with Crippen molar-refractivity contribution in [2.24, 2.45) is 14.1 Å². The molecule has 7 heteroatoms. The Balaban J connectivity index is 1.60. The Labute approximate surface area is 184 Å². The molecule has 0 atom stereocenters. The number of rotatable bonds is 5. The predicted octanol–water partition coefficient (Wildman–Crippen LogP) is 3.22. The van der Waals surface area contributed by atoms with E-state index in [1.165, 1.54) is 22.7 Å². The van der Waals surface area contributed by atoms with Crippen LogP contribution in [0.3, 0.4) is 0 Å². The highest BCUT2D eigenvalue weighted by Gasteiger charge is 2.20. The quantitative estimate of drug-likeness (QED) is 0.433. The summed E-state index contributed by atoms with van der Waals surface area (Å²) in [5.41, 5.74) is 3.68. The van der Waals surface area contributed by atoms with Crippen molar-refractivity contribution in [3.8, 4) is 0 Å². The molecule has 3 heterocycles. The fraction of sp³-hybridized carbons (Fsp3) is 0.240. The molecule has 0 unspecified atom stereocenters. The molecule has 3 aromatic heterocycles. The van der Waals surface area contributed by atoms with Crippen molar-refractivity contribution >= 4 is 16.9 Å². The van der Waals surface area contributed by atoms with Crippen molar-refractivity contribution in [1.29, 1.82) is 0 Å². The fourth-order valence-electron chi connectivity index (χ4n) is 4.56. The summed E-state index contributed by atoms with van der Waals surface area (Å²) in [6, 6.07) is 21.0. The first kappa shape index (κ1) is 20.1. The number of imidazole rings is 2. The van der Waals surface area contributed by atoms with Gasteiger partial charge >= 0.3 is 5.69 Å². The minimum atomic E-state index is -0.375. The lowest BCUT2D eigenvalue weighted by Crippen LogP contribution is -2.37. The third kappa shape index (κ3) is 3.09. The molecule has 5 aromatic rings. The van der Waals surface area contributed by atoms with Crippen LogP contribution in [0.4, 0.5) is 0 Å². The van der Waals surface area contributed by atoms with Gasteiger partial charge in [-0.15, -0.1) is 0 Å². The van der Waals surface area contributed by atoms with Gasteiger partial charge in [-0.25, -0.2) is 4.79 Å². The molecule has 0 bridgehead atoms. The van der Waals surface area contributed by atoms with Gasteiger partial charge in [0, 0.05) is 38.4 Å². The number of aryl methyl sites for hydroxylation is 3. The second-order valence-corrected chi connectivity index (χ2v) is 8.24. The molecule has 162 valence electrons. The van der Waals surface area contributed by atoms with Crippen molar-refractivity contribution < 1.29 is 0 Å². The highest BCUT2D eigenvalue weighted by atomic mass is 16.2. The molecule has 0 spiro atoms. The number of hydrogen-bond donors (Lipinski definition) is 0. The van der Waals surface area contributed by atoms with Gasteiger partial charge in [-0.05, 0) is 24.5 Å². The average Bonchev–Trinajstić information content (AvgIpc) is 3.33. The highest BCUT2D eigenvalue weighted by molar-refractivity contribution is 5.75. The van der Waals surface area contributed by atoms with Crippen molar-refractivity contribution in [1.82, 2.24) is 23.1 Å². The Bertz CT molecular complexity index is 1500. The lowest BCUT2D eigenvalue weighted by Gasteiger charge is -2.19. The molecule has 0 radical (unpaired) electrons. The van der Waals surface area contributed by atoms with Gasteiger partial charge in [-0.1, -0.05) is 60.7 Å². The van der Waals surface area contributed by atoms with Crippen LogP contribution in [-0.4, -0.2) is 23.1 Å². The molecule has 2 aromatic carbocycles. The lowest BCUT2D eigenvalue weighted by molar-refractivity contribution is 0.596. The van der Waals surface area contributed by atoms with Gasteiger partial charge in [0.1, 0.15) is 0 Å². The molecular weight excluding hydrogens is 402 g/mol. The molecule has 0 amide bonds. The fourth-order valence-corrected chi connectivity index (χ4v) is 4.56. The maximum Gasteiger partial charge on any atom is 0.332 e. The van der Waals surface area contributed by atoms with Gasteiger partial charge in [0.05, 0.1) is 0 Å². The molecule has 7 nitrogen and oxygen atoms in total. The third-order valence-electron chi connectivity index (χ3n) is 6.30. The zero-order valence-corrected chi connectivity index (χ0v) is 18.4. The van der Waals surface area contributed by atoms with Crippen LogP contribution in [-0.2, 0) is 20.6 Å². The first-order valence-corrected chi connectivity index (χ1v) is 10.7. The van der Waals surface area contributed by atoms with Crippen molar-refractivity contribution in [2.45, 2.75) is 25.8 Å². The Morgan fingerprint density at radius 3 is 2.06 bits per heavy atom. The number of benzene rings is 2. The molecule has 5 rings (SSSR count). The summed E-state index contributed by atoms with van der Waals surface area (Å²) < 4.78 is 6.50. The van der Waals surface area contributed by atoms with Crippen molar-refractivity contribution in [2.75, 3.05) is 0 Å². The van der Waals surface area contributed by atoms with Gasteiger partial charge in [0.2, 0.25) is 5.78 Å². The van der Waals surface area contributed by atoms with Crippen LogP contribution >= 0.6 is 0 Å². The van der Waals surface area contributed by atoms with Crippen molar-refractivity contribution in [3.05, 3.63) is 105 Å². The summed E-state index contributed by atoms with van der Waals surface area (Å²) in [6.07, 6.45) is 2.80. The van der Waals surface area contributed by atoms with Crippen molar-refractivity contribution in [3.63, 3.8) is 0 Å². The van der Waals surface area contributed by atoms with E-state index < -0.39 is 0 Å². The molecule has 0 saturated carbocycles. The monoisotopic (exact) mass is 427 g/mol. The first-order chi connectivity index (χ1) is 15.5. The van der Waals surface area contributed by atoms with Gasteiger partial charge in [-0.2, -0.15) is 4.98 Å². The SMILES string of the molecule is Cc1cn2c3c(=O)n(C)c(=O)n(C)c3nc2n1CCC(c1ccccc1)c1ccccc1. The van der Waals surface area contributed by atoms with E-state index in [9.17, 15) is 9.59 Å². The van der Waals surface area contributed by atoms with Crippen LogP contribution < -0.4 is 11.2 Å². The Morgan fingerprint density at radius 1 is 0.875 bits per heavy atom. The van der Waals surface area contributed by atoms with Crippen LogP contribution in [0.2, 0.25) is 0 Å². The predicted molar refractivity (Wildman–Crippen MR) is 125 cm³/mol. The second-order valence-electron chi connectivity index (χ2n) is 8.24. The van der Waals surface area contributed by atoms with E-state index in [2.05, 4.69) is 53.1 Å². The maximum absolute atomic E-state index is 12.8. The topological polar surface area (TPSA) is 66.2 Å². The summed E-state index contributed by atoms with van der Waals surface area (Å²) in [7, 11) is 3.15. The minimum Gasteiger partial charge on any atom is -0.314 e. The smallest absolute Gasteiger partial charge is 0.314 e. The Kier molecular flexibility index (Phi) is 4.81. The summed E-state index contributed by atoms with van der Waals surface area (Å²) in [4.78, 5) is 29.9. The Hall–Kier alpha value is -3.87. The lowest BCUT2D eigenvalue weighted by atomic mass is 9.88. The van der Waals surface area contributed by atoms with Gasteiger partial charge in [0.15, 0.2) is 11.2 Å². The number of fused-ring (bicyclic) bond motifs is 3. The normalized spacial score (nSPS) is 11.8. The molecule has 0 saturated heterocycles. The van der Waals surface area contributed by atoms with E-state index in [1.807, 2.05) is 29.7 Å². The van der Waals surface area contributed by atoms with Crippen LogP contribution in [0.25, 0.3) is 16.9 Å². The Morgan fingerprint density at radius 2 is 1.47 bits per heavy atom. The maximum atomic E-state index is 12.8. The molecule has 0 aliphatic rings. The molecule has 32 heavy (non-hydrogen) atoms. The summed E-state index contributed by atoms with van der Waals surface area (Å²) in [6.45, 7) is 2.75. The number of aromatic nitrogens is 5. The summed E-state index contributed by atoms with van der Waals surface area (Å²) in [5, 5.41) is 0. The first-order valence-electron chi connectivity index (χ1n) is 10.7. The highest BCUT2D eigenvalue weighted by Crippen LogP contribution is 2.29. The molecular formula is C25H25N5O2. The summed E-state index contributed by atoms with van der Waals surface area (Å²) in [5.74, 6) is 0.913. The van der Waals surface area contributed by atoms with Gasteiger partial charge in [0.25, 0.3) is 5.56 Å². The molecule has 0 aliphatic heterocycles. The number of nitrogens with zero attached hydrogens (tertiary/aromatic N) is 5. The zero-order chi connectivity index (χ0) is 22.4. The van der Waals surface area contributed by atoms with E-state index >= 15 is 0 Å². The van der Waals surface area contributed by atoms with Gasteiger partial charge < -0.3 is 4.57 Å². The van der Waals surface area contributed by atoms with E-state index in [4.69, 9.17) is 4.98 Å². The zero-order valence-electron chi connectivity index (χ0n) is 18.4. The third-order valence-corrected chi connectivity index (χ3v) is 6.30. The second kappa shape index (κ2) is 7.67. The number of hydrogen-bond acceptors (Lipinski definition) is 3. The molecule has 0 aliphatic carbocycles. The molecule has 0 fully saturated rings. The van der Waals surface area contributed by atoms with Crippen LogP contribution in [0.1, 0.15) is 29.2 Å². The van der Waals surface area contributed by atoms with Crippen LogP contribution in [0.15, 0.2) is 76.4 Å². The minimum absolute atomic E-state index is 0.237. The van der Waals surface area contributed by atoms with Gasteiger partial charge in [-0.3, -0.25) is 18.3 Å². The molecule has 0 N–H and O–H groups in total. The average molecular weight is 428 g/mol.